The molecule has 2 N–H and O–H groups in total. The topological polar surface area (TPSA) is 140 Å². The van der Waals surface area contributed by atoms with Gasteiger partial charge >= 0.3 is 6.09 Å². The third kappa shape index (κ3) is 8.67. The van der Waals surface area contributed by atoms with E-state index in [4.69, 9.17) is 14.5 Å². The molecule has 3 fully saturated rings. The number of nitrogens with zero attached hydrogens (tertiary/aromatic N) is 3. The van der Waals surface area contributed by atoms with Gasteiger partial charge in [-0.3, -0.25) is 14.4 Å². The molecule has 13 heteroatoms. The summed E-state index contributed by atoms with van der Waals surface area (Å²) >= 11 is 5.04. The van der Waals surface area contributed by atoms with Crippen molar-refractivity contribution in [3.05, 3.63) is 46.3 Å². The first-order valence-corrected chi connectivity index (χ1v) is 20.6. The van der Waals surface area contributed by atoms with E-state index in [1.165, 1.54) is 11.3 Å². The van der Waals surface area contributed by atoms with Crippen molar-refractivity contribution in [2.45, 2.75) is 118 Å². The van der Waals surface area contributed by atoms with Crippen molar-refractivity contribution >= 4 is 67.0 Å². The number of thiazole rings is 1. The van der Waals surface area contributed by atoms with Crippen molar-refractivity contribution < 1.29 is 28.7 Å². The van der Waals surface area contributed by atoms with Crippen LogP contribution < -0.4 is 15.4 Å². The van der Waals surface area contributed by atoms with E-state index in [0.717, 1.165) is 47.5 Å². The Balaban J connectivity index is 1.31. The highest BCUT2D eigenvalue weighted by atomic mass is 79.9. The Morgan fingerprint density at radius 1 is 1.13 bits per heavy atom. The minimum atomic E-state index is -0.930. The number of halogens is 1. The van der Waals surface area contributed by atoms with E-state index in [9.17, 15) is 19.2 Å². The molecule has 2 saturated carbocycles. The molecule has 3 heterocycles. The average molecular weight is 823 g/mol. The number of ether oxygens (including phenoxy) is 2. The van der Waals surface area contributed by atoms with Gasteiger partial charge in [-0.25, -0.2) is 14.8 Å². The van der Waals surface area contributed by atoms with E-state index in [0.29, 0.717) is 34.2 Å². The van der Waals surface area contributed by atoms with Crippen LogP contribution in [-0.4, -0.2) is 69.4 Å². The van der Waals surface area contributed by atoms with Crippen LogP contribution in [0, 0.1) is 29.6 Å². The summed E-state index contributed by atoms with van der Waals surface area (Å²) in [6.45, 7) is 17.5. The number of Topliss-reactive ketones (excluding diaryl/α,β-unsaturated/α-hetero) is 1. The van der Waals surface area contributed by atoms with Gasteiger partial charge in [-0.2, -0.15) is 0 Å². The number of amides is 3. The van der Waals surface area contributed by atoms with Crippen LogP contribution in [0.4, 0.5) is 9.93 Å². The fourth-order valence-corrected chi connectivity index (χ4v) is 8.66. The zero-order valence-electron chi connectivity index (χ0n) is 32.3. The van der Waals surface area contributed by atoms with Crippen LogP contribution in [0.15, 0.2) is 40.7 Å². The zero-order valence-corrected chi connectivity index (χ0v) is 34.7. The van der Waals surface area contributed by atoms with Crippen LogP contribution in [0.2, 0.25) is 0 Å². The molecule has 6 rings (SSSR count). The third-order valence-corrected chi connectivity index (χ3v) is 12.8. The Kier molecular flexibility index (Phi) is 11.6. The molecular weight excluding hydrogens is 770 g/mol. The second kappa shape index (κ2) is 15.7. The number of nitrogens with one attached hydrogen (secondary N) is 2. The van der Waals surface area contributed by atoms with Gasteiger partial charge in [-0.05, 0) is 83.3 Å². The number of aromatic nitrogens is 2. The number of carbonyl (C=O) groups is 4. The Bertz CT molecular complexity index is 1950. The number of hydrogen-bond acceptors (Lipinski definition) is 9. The lowest BCUT2D eigenvalue weighted by molar-refractivity contribution is -0.141. The summed E-state index contributed by atoms with van der Waals surface area (Å²) in [5.41, 5.74) is 1.93. The monoisotopic (exact) mass is 821 g/mol. The van der Waals surface area contributed by atoms with Crippen LogP contribution in [0.3, 0.4) is 0 Å². The van der Waals surface area contributed by atoms with Crippen LogP contribution in [0.25, 0.3) is 22.3 Å². The quantitative estimate of drug-likeness (QED) is 0.173. The molecular formula is C41H52BrN5O6S. The molecule has 5 atom stereocenters. The lowest BCUT2D eigenvalue weighted by Crippen LogP contribution is -2.57. The SMILES string of the molecule is C=C[C@@H]1C[C@@]1(C)CC(=O)[C@@H]1C[C@@H](Oc2cc(-c3csc(NC(=O)C(C)C)n3)nc3c(Br)c(C)ccc23)CN1C(=O)[C@@H](NC(=O)OC1CCCC1)C(C)(C)C. The molecule has 0 unspecified atom stereocenters. The first kappa shape index (κ1) is 39.8. The first-order valence-electron chi connectivity index (χ1n) is 18.9. The number of likely N-dealkylation sites (tertiary alicyclic amines) is 1. The van der Waals surface area contributed by atoms with E-state index in [2.05, 4.69) is 45.1 Å². The molecule has 3 aliphatic rings. The van der Waals surface area contributed by atoms with Gasteiger partial charge in [0.1, 0.15) is 29.7 Å². The Morgan fingerprint density at radius 2 is 1.85 bits per heavy atom. The number of pyridine rings is 1. The number of benzene rings is 1. The fraction of sp³-hybridized carbons (Fsp3) is 0.561. The summed E-state index contributed by atoms with van der Waals surface area (Å²) in [5, 5.41) is 8.81. The number of allylic oxidation sites excluding steroid dienone is 1. The zero-order chi connectivity index (χ0) is 39.1. The second-order valence-electron chi connectivity index (χ2n) is 16.9. The van der Waals surface area contributed by atoms with Crippen LogP contribution in [0.5, 0.6) is 5.75 Å². The maximum Gasteiger partial charge on any atom is 0.408 e. The Hall–Kier alpha value is -3.84. The molecule has 0 bridgehead atoms. The Morgan fingerprint density at radius 3 is 2.50 bits per heavy atom. The molecule has 290 valence electrons. The van der Waals surface area contributed by atoms with Gasteiger partial charge in [-0.1, -0.05) is 53.7 Å². The van der Waals surface area contributed by atoms with Gasteiger partial charge in [0.15, 0.2) is 10.9 Å². The lowest BCUT2D eigenvalue weighted by Gasteiger charge is -2.35. The highest BCUT2D eigenvalue weighted by Crippen LogP contribution is 2.56. The van der Waals surface area contributed by atoms with Crippen molar-refractivity contribution in [1.29, 1.82) is 0 Å². The standard InChI is InChI=1S/C41H52BrN5O6S/c1-9-24-18-41(24,8)19-31(48)30-16-26(20-47(30)37(50)35(40(5,6)7)45-39(51)53-25-12-10-11-13-25)52-32-17-28(43-34-27(32)15-14-23(4)33(34)42)29-21-54-38(44-29)46-36(49)22(2)3/h9,14-15,17,21-22,24-26,30,35H,1,10-13,16,18-20H2,2-8H3,(H,45,51)(H,44,46,49)/t24-,26-,30+,35-,41+/m1/s1. The van der Waals surface area contributed by atoms with E-state index in [1.807, 2.05) is 71.2 Å². The summed E-state index contributed by atoms with van der Waals surface area (Å²) in [6.07, 6.45) is 5.72. The number of aryl methyl sites for hydroxylation is 1. The number of fused-ring (bicyclic) bond motifs is 1. The van der Waals surface area contributed by atoms with E-state index >= 15 is 0 Å². The molecule has 1 saturated heterocycles. The van der Waals surface area contributed by atoms with Crippen LogP contribution in [-0.2, 0) is 19.1 Å². The van der Waals surface area contributed by atoms with Gasteiger partial charge in [0.05, 0.1) is 23.8 Å². The number of ketones is 1. The average Bonchev–Trinajstić information content (AvgIpc) is 3.60. The molecule has 0 radical (unpaired) electrons. The van der Waals surface area contributed by atoms with Gasteiger partial charge in [0.2, 0.25) is 11.8 Å². The summed E-state index contributed by atoms with van der Waals surface area (Å²) in [4.78, 5) is 65.6. The van der Waals surface area contributed by atoms with Gasteiger partial charge < -0.3 is 25.0 Å². The minimum absolute atomic E-state index is 0.0282. The second-order valence-corrected chi connectivity index (χ2v) is 18.5. The summed E-state index contributed by atoms with van der Waals surface area (Å²) in [7, 11) is 0. The highest BCUT2D eigenvalue weighted by molar-refractivity contribution is 9.10. The molecule has 54 heavy (non-hydrogen) atoms. The van der Waals surface area contributed by atoms with Crippen molar-refractivity contribution in [3.63, 3.8) is 0 Å². The van der Waals surface area contributed by atoms with E-state index in [1.54, 1.807) is 4.90 Å². The molecule has 3 amide bonds. The molecule has 1 aliphatic heterocycles. The molecule has 11 nitrogen and oxygen atoms in total. The highest BCUT2D eigenvalue weighted by Gasteiger charge is 2.52. The van der Waals surface area contributed by atoms with Crippen molar-refractivity contribution in [3.8, 4) is 17.1 Å². The summed E-state index contributed by atoms with van der Waals surface area (Å²) in [5.74, 6) is 0.0995. The number of rotatable bonds is 12. The molecule has 0 spiro atoms. The van der Waals surface area contributed by atoms with Crippen molar-refractivity contribution in [1.82, 2.24) is 20.2 Å². The maximum atomic E-state index is 14.6. The lowest BCUT2D eigenvalue weighted by atomic mass is 9.85. The molecule has 1 aromatic carbocycles. The van der Waals surface area contributed by atoms with Crippen LogP contribution >= 0.6 is 27.3 Å². The Labute approximate surface area is 330 Å². The van der Waals surface area contributed by atoms with Crippen LogP contribution in [0.1, 0.15) is 92.1 Å². The summed E-state index contributed by atoms with van der Waals surface area (Å²) < 4.78 is 13.3. The van der Waals surface area contributed by atoms with Crippen molar-refractivity contribution in [2.24, 2.45) is 22.7 Å². The van der Waals surface area contributed by atoms with Gasteiger partial charge in [0, 0.05) is 40.1 Å². The predicted octanol–water partition coefficient (Wildman–Crippen LogP) is 8.63. The first-order chi connectivity index (χ1) is 25.5. The maximum absolute atomic E-state index is 14.6. The fourth-order valence-electron chi connectivity index (χ4n) is 7.52. The molecule has 2 aromatic heterocycles. The normalized spacial score (nSPS) is 23.4. The van der Waals surface area contributed by atoms with Crippen molar-refractivity contribution in [2.75, 3.05) is 11.9 Å². The minimum Gasteiger partial charge on any atom is -0.488 e. The van der Waals surface area contributed by atoms with Gasteiger partial charge in [-0.15, -0.1) is 17.9 Å². The molecule has 3 aromatic rings. The van der Waals surface area contributed by atoms with Gasteiger partial charge in [0.25, 0.3) is 0 Å². The number of carbonyl (C=O) groups excluding carboxylic acids is 4. The third-order valence-electron chi connectivity index (χ3n) is 11.0. The largest absolute Gasteiger partial charge is 0.488 e. The number of hydrogen-bond donors (Lipinski definition) is 2. The predicted molar refractivity (Wildman–Crippen MR) is 214 cm³/mol. The van der Waals surface area contributed by atoms with E-state index in [-0.39, 0.29) is 53.9 Å². The number of anilines is 1. The van der Waals surface area contributed by atoms with E-state index < -0.39 is 29.7 Å². The summed E-state index contributed by atoms with van der Waals surface area (Å²) in [6, 6.07) is 4.09. The number of alkyl carbamates (subject to hydrolysis) is 1. The smallest absolute Gasteiger partial charge is 0.408 e. The molecule has 2 aliphatic carbocycles.